The highest BCUT2D eigenvalue weighted by Crippen LogP contribution is 2.11. The average molecular weight is 342 g/mol. The standard InChI is InChI=1S/C16H14.C5H12O4/c1-3-9-15(10-4-1)13-7-8-14-16-11-5-2-6-12-16;6-1-5(2-7,3-8)4-9/h1-14H;6-9H,1-4H2/b13-7+,14-8+;. The number of rotatable bonds is 7. The molecule has 0 atom stereocenters. The quantitative estimate of drug-likeness (QED) is 0.582. The molecule has 2 rings (SSSR count). The Labute approximate surface area is 149 Å². The molecule has 0 bridgehead atoms. The number of allylic oxidation sites excluding steroid dienone is 2. The molecule has 0 aliphatic heterocycles. The van der Waals surface area contributed by atoms with E-state index in [1.807, 2.05) is 36.4 Å². The lowest BCUT2D eigenvalue weighted by Crippen LogP contribution is -2.37. The highest BCUT2D eigenvalue weighted by Gasteiger charge is 2.26. The minimum Gasteiger partial charge on any atom is -0.396 e. The smallest absolute Gasteiger partial charge is 0.0627 e. The van der Waals surface area contributed by atoms with E-state index in [4.69, 9.17) is 20.4 Å². The molecule has 2 aromatic rings. The van der Waals surface area contributed by atoms with Gasteiger partial charge in [0.25, 0.3) is 0 Å². The zero-order chi connectivity index (χ0) is 18.4. The fraction of sp³-hybridized carbons (Fsp3) is 0.238. The summed E-state index contributed by atoms with van der Waals surface area (Å²) in [6, 6.07) is 20.6. The molecule has 0 aromatic heterocycles. The van der Waals surface area contributed by atoms with Crippen molar-refractivity contribution in [1.29, 1.82) is 0 Å². The molecule has 25 heavy (non-hydrogen) atoms. The van der Waals surface area contributed by atoms with Crippen molar-refractivity contribution in [2.45, 2.75) is 0 Å². The Balaban J connectivity index is 0.000000299. The summed E-state index contributed by atoms with van der Waals surface area (Å²) in [5.74, 6) is 0. The van der Waals surface area contributed by atoms with Crippen molar-refractivity contribution in [3.05, 3.63) is 83.9 Å². The maximum absolute atomic E-state index is 8.50. The van der Waals surface area contributed by atoms with E-state index in [0.717, 1.165) is 0 Å². The monoisotopic (exact) mass is 342 g/mol. The van der Waals surface area contributed by atoms with Gasteiger partial charge in [0.05, 0.1) is 31.8 Å². The Morgan fingerprint density at radius 3 is 1.12 bits per heavy atom. The second-order valence-electron chi connectivity index (χ2n) is 5.67. The largest absolute Gasteiger partial charge is 0.396 e. The molecule has 134 valence electrons. The van der Waals surface area contributed by atoms with E-state index in [2.05, 4.69) is 48.6 Å². The predicted octanol–water partition coefficient (Wildman–Crippen LogP) is 2.36. The summed E-state index contributed by atoms with van der Waals surface area (Å²) < 4.78 is 0. The minimum absolute atomic E-state index is 0.406. The summed E-state index contributed by atoms with van der Waals surface area (Å²) in [6.07, 6.45) is 8.31. The van der Waals surface area contributed by atoms with Crippen molar-refractivity contribution in [1.82, 2.24) is 0 Å². The van der Waals surface area contributed by atoms with Gasteiger partial charge in [0.1, 0.15) is 0 Å². The Bertz CT molecular complexity index is 552. The molecule has 4 N–H and O–H groups in total. The van der Waals surface area contributed by atoms with Crippen LogP contribution >= 0.6 is 0 Å². The first-order valence-electron chi connectivity index (χ1n) is 8.08. The molecule has 0 saturated carbocycles. The molecule has 4 nitrogen and oxygen atoms in total. The van der Waals surface area contributed by atoms with Gasteiger partial charge in [0.15, 0.2) is 0 Å². The van der Waals surface area contributed by atoms with Crippen LogP contribution < -0.4 is 0 Å². The van der Waals surface area contributed by atoms with Crippen LogP contribution in [0.2, 0.25) is 0 Å². The molecule has 2 aromatic carbocycles. The van der Waals surface area contributed by atoms with Crippen LogP contribution in [0.15, 0.2) is 72.8 Å². The van der Waals surface area contributed by atoms with Gasteiger partial charge in [0, 0.05) is 0 Å². The Morgan fingerprint density at radius 2 is 0.880 bits per heavy atom. The molecular formula is C21H26O4. The maximum atomic E-state index is 8.50. The van der Waals surface area contributed by atoms with Gasteiger partial charge in [-0.15, -0.1) is 0 Å². The third-order valence-electron chi connectivity index (χ3n) is 3.63. The van der Waals surface area contributed by atoms with Crippen molar-refractivity contribution in [3.8, 4) is 0 Å². The van der Waals surface area contributed by atoms with Crippen LogP contribution in [0.5, 0.6) is 0 Å². The molecule has 0 aliphatic rings. The molecule has 0 spiro atoms. The van der Waals surface area contributed by atoms with Crippen LogP contribution in [0.1, 0.15) is 11.1 Å². The lowest BCUT2D eigenvalue weighted by atomic mass is 9.93. The van der Waals surface area contributed by atoms with Gasteiger partial charge in [-0.25, -0.2) is 0 Å². The van der Waals surface area contributed by atoms with Crippen LogP contribution in [0.4, 0.5) is 0 Å². The Hall–Kier alpha value is -2.24. The molecule has 0 aliphatic carbocycles. The van der Waals surface area contributed by atoms with E-state index in [1.165, 1.54) is 11.1 Å². The zero-order valence-electron chi connectivity index (χ0n) is 14.2. The summed E-state index contributed by atoms with van der Waals surface area (Å²) >= 11 is 0. The van der Waals surface area contributed by atoms with E-state index < -0.39 is 31.8 Å². The van der Waals surface area contributed by atoms with Crippen LogP contribution in [-0.2, 0) is 0 Å². The van der Waals surface area contributed by atoms with Crippen molar-refractivity contribution in [2.24, 2.45) is 5.41 Å². The first-order chi connectivity index (χ1) is 12.2. The summed E-state index contributed by atoms with van der Waals surface area (Å²) in [5, 5.41) is 34.0. The van der Waals surface area contributed by atoms with E-state index in [-0.39, 0.29) is 0 Å². The maximum Gasteiger partial charge on any atom is 0.0627 e. The van der Waals surface area contributed by atoms with Gasteiger partial charge >= 0.3 is 0 Å². The topological polar surface area (TPSA) is 80.9 Å². The van der Waals surface area contributed by atoms with E-state index in [1.54, 1.807) is 0 Å². The summed E-state index contributed by atoms with van der Waals surface area (Å²) in [5.41, 5.74) is 1.33. The second-order valence-corrected chi connectivity index (χ2v) is 5.67. The highest BCUT2D eigenvalue weighted by molar-refractivity contribution is 5.56. The van der Waals surface area contributed by atoms with Gasteiger partial charge in [-0.3, -0.25) is 0 Å². The van der Waals surface area contributed by atoms with Gasteiger partial charge in [-0.2, -0.15) is 0 Å². The summed E-state index contributed by atoms with van der Waals surface area (Å²) in [7, 11) is 0. The molecule has 0 unspecified atom stereocenters. The molecule has 4 heteroatoms. The van der Waals surface area contributed by atoms with E-state index >= 15 is 0 Å². The third-order valence-corrected chi connectivity index (χ3v) is 3.63. The van der Waals surface area contributed by atoms with Crippen LogP contribution in [-0.4, -0.2) is 46.9 Å². The lowest BCUT2D eigenvalue weighted by Gasteiger charge is -2.23. The highest BCUT2D eigenvalue weighted by atomic mass is 16.3. The number of hydrogen-bond acceptors (Lipinski definition) is 4. The SMILES string of the molecule is C(/C=C/c1ccccc1)=C\c1ccccc1.OCC(CO)(CO)CO. The second kappa shape index (κ2) is 12.2. The van der Waals surface area contributed by atoms with Crippen LogP contribution in [0.3, 0.4) is 0 Å². The first kappa shape index (κ1) is 20.8. The van der Waals surface area contributed by atoms with E-state index in [9.17, 15) is 0 Å². The Kier molecular flexibility index (Phi) is 10.1. The molecule has 0 amide bonds. The van der Waals surface area contributed by atoms with Crippen molar-refractivity contribution in [3.63, 3.8) is 0 Å². The number of hydrogen-bond donors (Lipinski definition) is 4. The van der Waals surface area contributed by atoms with Gasteiger partial charge in [0.2, 0.25) is 0 Å². The zero-order valence-corrected chi connectivity index (χ0v) is 14.2. The lowest BCUT2D eigenvalue weighted by molar-refractivity contribution is -0.0328. The Morgan fingerprint density at radius 1 is 0.560 bits per heavy atom. The van der Waals surface area contributed by atoms with Crippen molar-refractivity contribution in [2.75, 3.05) is 26.4 Å². The minimum atomic E-state index is -1.11. The average Bonchev–Trinajstić information content (AvgIpc) is 2.70. The molecule has 0 saturated heterocycles. The van der Waals surface area contributed by atoms with Gasteiger partial charge in [-0.05, 0) is 11.1 Å². The summed E-state index contributed by atoms with van der Waals surface area (Å²) in [4.78, 5) is 0. The third kappa shape index (κ3) is 7.92. The van der Waals surface area contributed by atoms with Gasteiger partial charge < -0.3 is 20.4 Å². The molecule has 0 heterocycles. The fourth-order valence-electron chi connectivity index (χ4n) is 1.76. The van der Waals surface area contributed by atoms with Gasteiger partial charge in [-0.1, -0.05) is 85.0 Å². The predicted molar refractivity (Wildman–Crippen MR) is 102 cm³/mol. The normalized spacial score (nSPS) is 11.5. The number of aliphatic hydroxyl groups is 4. The van der Waals surface area contributed by atoms with Crippen LogP contribution in [0.25, 0.3) is 12.2 Å². The number of benzene rings is 2. The first-order valence-corrected chi connectivity index (χ1v) is 8.08. The van der Waals surface area contributed by atoms with Crippen molar-refractivity contribution >= 4 is 12.2 Å². The van der Waals surface area contributed by atoms with E-state index in [0.29, 0.717) is 0 Å². The number of aliphatic hydroxyl groups excluding tert-OH is 4. The summed E-state index contributed by atoms with van der Waals surface area (Å²) in [6.45, 7) is -1.62. The van der Waals surface area contributed by atoms with Crippen molar-refractivity contribution < 1.29 is 20.4 Å². The molecule has 0 radical (unpaired) electrons. The molecule has 0 fully saturated rings. The van der Waals surface area contributed by atoms with Crippen LogP contribution in [0, 0.1) is 5.41 Å². The molecular weight excluding hydrogens is 316 g/mol. The fourth-order valence-corrected chi connectivity index (χ4v) is 1.76.